The van der Waals surface area contributed by atoms with E-state index in [0.29, 0.717) is 48.5 Å². The van der Waals surface area contributed by atoms with Gasteiger partial charge in [0.05, 0.1) is 20.6 Å². The molecule has 41 heavy (non-hydrogen) atoms. The number of nitrogens with zero attached hydrogens (tertiary/aromatic N) is 2. The fraction of sp³-hybridized carbons (Fsp3) is 0.458. The van der Waals surface area contributed by atoms with Gasteiger partial charge in [-0.25, -0.2) is 31.1 Å². The van der Waals surface area contributed by atoms with Crippen molar-refractivity contribution in [3.63, 3.8) is 0 Å². The normalized spacial score (nSPS) is 14.6. The number of benzene rings is 2. The third-order valence-electron chi connectivity index (χ3n) is 5.61. The molecule has 1 aliphatic rings. The molecule has 2 aromatic carbocycles. The van der Waals surface area contributed by atoms with Crippen molar-refractivity contribution < 1.29 is 49.4 Å². The number of alkyl halides is 5. The summed E-state index contributed by atoms with van der Waals surface area (Å²) < 4.78 is 102. The zero-order chi connectivity index (χ0) is 30.8. The van der Waals surface area contributed by atoms with Crippen LogP contribution >= 0.6 is 23.2 Å². The van der Waals surface area contributed by atoms with Gasteiger partial charge < -0.3 is 14.7 Å². The molecular formula is C24H27Cl2F6N3O5S. The fourth-order valence-corrected chi connectivity index (χ4v) is 5.07. The Morgan fingerprint density at radius 1 is 1.10 bits per heavy atom. The lowest BCUT2D eigenvalue weighted by molar-refractivity contribution is -0.192. The van der Waals surface area contributed by atoms with Crippen molar-refractivity contribution in [2.24, 2.45) is 0 Å². The molecule has 8 nitrogen and oxygen atoms in total. The van der Waals surface area contributed by atoms with Gasteiger partial charge in [0.25, 0.3) is 6.43 Å². The molecule has 17 heteroatoms. The lowest BCUT2D eigenvalue weighted by atomic mass is 10.2. The molecule has 3 rings (SSSR count). The lowest BCUT2D eigenvalue weighted by Crippen LogP contribution is -2.46. The number of carbonyl (C=O) groups is 1. The average molecular weight is 654 g/mol. The highest BCUT2D eigenvalue weighted by Crippen LogP contribution is 2.28. The second kappa shape index (κ2) is 15.8. The highest BCUT2D eigenvalue weighted by atomic mass is 35.5. The van der Waals surface area contributed by atoms with Crippen LogP contribution in [0.15, 0.2) is 41.3 Å². The molecule has 0 unspecified atom stereocenters. The number of halogens is 8. The smallest absolute Gasteiger partial charge is 0.475 e. The van der Waals surface area contributed by atoms with Gasteiger partial charge >= 0.3 is 12.1 Å². The van der Waals surface area contributed by atoms with Crippen LogP contribution in [-0.4, -0.2) is 82.9 Å². The topological polar surface area (TPSA) is 99.2 Å². The van der Waals surface area contributed by atoms with Crippen LogP contribution in [-0.2, 0) is 26.1 Å². The monoisotopic (exact) mass is 653 g/mol. The van der Waals surface area contributed by atoms with Crippen molar-refractivity contribution in [2.75, 3.05) is 50.8 Å². The third-order valence-corrected chi connectivity index (χ3v) is 7.93. The standard InChI is InChI=1S/C22H26Cl2F3N3O3S.C2HF3O2/c23-18-4-1-3-16(22(18)24)14-29-8-10-30(11-9-29)20-6-5-17(13-19(20)25)34(31,32)28-7-2-12-33-15-21(26)27;3-2(4,5)1(6)7/h1,3-6,13,21,28H,2,7-12,14-15H2;(H,6,7). The van der Waals surface area contributed by atoms with Crippen LogP contribution in [0, 0.1) is 5.82 Å². The molecule has 0 spiro atoms. The van der Waals surface area contributed by atoms with Gasteiger partial charge in [0.15, 0.2) is 0 Å². The lowest BCUT2D eigenvalue weighted by Gasteiger charge is -2.36. The van der Waals surface area contributed by atoms with Gasteiger partial charge in [-0.05, 0) is 36.2 Å². The van der Waals surface area contributed by atoms with Gasteiger partial charge in [-0.1, -0.05) is 35.3 Å². The summed E-state index contributed by atoms with van der Waals surface area (Å²) in [6.07, 6.45) is -7.43. The van der Waals surface area contributed by atoms with E-state index in [4.69, 9.17) is 37.8 Å². The van der Waals surface area contributed by atoms with E-state index in [1.54, 1.807) is 6.07 Å². The maximum absolute atomic E-state index is 14.8. The van der Waals surface area contributed by atoms with E-state index in [-0.39, 0.29) is 24.5 Å². The van der Waals surface area contributed by atoms with Crippen LogP contribution < -0.4 is 9.62 Å². The van der Waals surface area contributed by atoms with Gasteiger partial charge in [0.1, 0.15) is 12.4 Å². The molecule has 1 aliphatic heterocycles. The summed E-state index contributed by atoms with van der Waals surface area (Å²) in [5.74, 6) is -3.39. The van der Waals surface area contributed by atoms with Crippen LogP contribution in [0.3, 0.4) is 0 Å². The SMILES string of the molecule is O=C(O)C(F)(F)F.O=S(=O)(NCCCOCC(F)F)c1ccc(N2CCN(Cc3cccc(Cl)c3Cl)CC2)c(F)c1. The molecule has 2 N–H and O–H groups in total. The van der Waals surface area contributed by atoms with Crippen LogP contribution in [0.5, 0.6) is 0 Å². The first-order chi connectivity index (χ1) is 19.1. The van der Waals surface area contributed by atoms with Gasteiger partial charge in [0.2, 0.25) is 10.0 Å². The first-order valence-corrected chi connectivity index (χ1v) is 14.2. The van der Waals surface area contributed by atoms with E-state index in [2.05, 4.69) is 9.62 Å². The molecule has 1 saturated heterocycles. The second-order valence-corrected chi connectivity index (χ2v) is 11.2. The predicted octanol–water partition coefficient (Wildman–Crippen LogP) is 5.04. The number of carboxylic acid groups (broad SMARTS) is 1. The first kappa shape index (κ1) is 34.9. The molecule has 0 aromatic heterocycles. The summed E-state index contributed by atoms with van der Waals surface area (Å²) in [5.41, 5.74) is 1.26. The number of hydrogen-bond donors (Lipinski definition) is 2. The van der Waals surface area contributed by atoms with Crippen LogP contribution in [0.25, 0.3) is 0 Å². The highest BCUT2D eigenvalue weighted by molar-refractivity contribution is 7.89. The Labute approximate surface area is 242 Å². The maximum atomic E-state index is 14.8. The molecule has 2 aromatic rings. The summed E-state index contributed by atoms with van der Waals surface area (Å²) in [4.78, 5) is 12.8. The summed E-state index contributed by atoms with van der Waals surface area (Å²) in [6, 6.07) is 9.30. The van der Waals surface area contributed by atoms with Crippen molar-refractivity contribution in [2.45, 2.75) is 30.5 Å². The molecule has 0 amide bonds. The summed E-state index contributed by atoms with van der Waals surface area (Å²) >= 11 is 12.3. The van der Waals surface area contributed by atoms with Gasteiger partial charge in [-0.15, -0.1) is 0 Å². The third kappa shape index (κ3) is 11.5. The fourth-order valence-electron chi connectivity index (χ4n) is 3.61. The van der Waals surface area contributed by atoms with Crippen molar-refractivity contribution in [3.8, 4) is 0 Å². The number of aliphatic carboxylic acids is 1. The molecule has 1 heterocycles. The van der Waals surface area contributed by atoms with Gasteiger partial charge in [-0.3, -0.25) is 4.90 Å². The van der Waals surface area contributed by atoms with Crippen LogP contribution in [0.2, 0.25) is 10.0 Å². The minimum absolute atomic E-state index is 0.00431. The number of ether oxygens (including phenoxy) is 1. The van der Waals surface area contributed by atoms with Crippen molar-refractivity contribution >= 4 is 44.9 Å². The number of anilines is 1. The minimum atomic E-state index is -5.08. The van der Waals surface area contributed by atoms with Crippen LogP contribution in [0.4, 0.5) is 32.0 Å². The van der Waals surface area contributed by atoms with Crippen molar-refractivity contribution in [1.82, 2.24) is 9.62 Å². The Bertz CT molecular complexity index is 1260. The molecule has 230 valence electrons. The van der Waals surface area contributed by atoms with Gasteiger partial charge in [0, 0.05) is 45.9 Å². The Morgan fingerprint density at radius 2 is 1.73 bits per heavy atom. The van der Waals surface area contributed by atoms with Crippen molar-refractivity contribution in [3.05, 3.63) is 57.8 Å². The number of carboxylic acids is 1. The Kier molecular flexibility index (Phi) is 13.4. The van der Waals surface area contributed by atoms with E-state index in [1.807, 2.05) is 17.0 Å². The summed E-state index contributed by atoms with van der Waals surface area (Å²) in [7, 11) is -3.93. The number of hydrogen-bond acceptors (Lipinski definition) is 6. The van der Waals surface area contributed by atoms with E-state index in [1.165, 1.54) is 12.1 Å². The zero-order valence-electron chi connectivity index (χ0n) is 21.3. The average Bonchev–Trinajstić information content (AvgIpc) is 2.89. The summed E-state index contributed by atoms with van der Waals surface area (Å²) in [6.45, 7) is 2.42. The first-order valence-electron chi connectivity index (χ1n) is 12.0. The Morgan fingerprint density at radius 3 is 2.29 bits per heavy atom. The number of rotatable bonds is 11. The second-order valence-electron chi connectivity index (χ2n) is 8.61. The quantitative estimate of drug-likeness (QED) is 0.259. The Balaban J connectivity index is 0.000000745. The molecule has 0 saturated carbocycles. The van der Waals surface area contributed by atoms with Gasteiger partial charge in [-0.2, -0.15) is 13.2 Å². The number of nitrogens with one attached hydrogen (secondary N) is 1. The van der Waals surface area contributed by atoms with E-state index < -0.39 is 41.0 Å². The molecule has 0 aliphatic carbocycles. The zero-order valence-corrected chi connectivity index (χ0v) is 23.6. The van der Waals surface area contributed by atoms with E-state index in [9.17, 15) is 34.8 Å². The largest absolute Gasteiger partial charge is 0.490 e. The van der Waals surface area contributed by atoms with E-state index in [0.717, 1.165) is 11.6 Å². The van der Waals surface area contributed by atoms with Crippen molar-refractivity contribution in [1.29, 1.82) is 0 Å². The molecule has 0 radical (unpaired) electrons. The Hall–Kier alpha value is -2.30. The van der Waals surface area contributed by atoms with Crippen LogP contribution in [0.1, 0.15) is 12.0 Å². The highest BCUT2D eigenvalue weighted by Gasteiger charge is 2.38. The van der Waals surface area contributed by atoms with E-state index >= 15 is 0 Å². The number of piperazine rings is 1. The maximum Gasteiger partial charge on any atom is 0.490 e. The number of sulfonamides is 1. The molecular weight excluding hydrogens is 627 g/mol. The molecule has 0 bridgehead atoms. The molecule has 1 fully saturated rings. The summed E-state index contributed by atoms with van der Waals surface area (Å²) in [5, 5.41) is 8.16. The predicted molar refractivity (Wildman–Crippen MR) is 141 cm³/mol. The minimum Gasteiger partial charge on any atom is -0.475 e. The molecule has 0 atom stereocenters.